The largest absolute Gasteiger partial charge is 0.354 e. The lowest BCUT2D eigenvalue weighted by molar-refractivity contribution is 0.154. The van der Waals surface area contributed by atoms with Gasteiger partial charge in [-0.05, 0) is 38.2 Å². The first-order chi connectivity index (χ1) is 11.3. The lowest BCUT2D eigenvalue weighted by atomic mass is 10.2. The molecule has 1 aliphatic rings. The highest BCUT2D eigenvalue weighted by Crippen LogP contribution is 2.15. The summed E-state index contributed by atoms with van der Waals surface area (Å²) in [5.74, 6) is 0.685. The minimum Gasteiger partial charge on any atom is -0.354 e. The van der Waals surface area contributed by atoms with Gasteiger partial charge in [0.05, 0.1) is 5.69 Å². The zero-order chi connectivity index (χ0) is 15.9. The van der Waals surface area contributed by atoms with Gasteiger partial charge in [0, 0.05) is 56.9 Å². The Morgan fingerprint density at radius 1 is 1.13 bits per heavy atom. The van der Waals surface area contributed by atoms with E-state index in [0.29, 0.717) is 5.95 Å². The van der Waals surface area contributed by atoms with Crippen LogP contribution in [0.15, 0.2) is 36.8 Å². The van der Waals surface area contributed by atoms with Crippen LogP contribution in [-0.2, 0) is 0 Å². The fourth-order valence-electron chi connectivity index (χ4n) is 2.69. The van der Waals surface area contributed by atoms with E-state index in [2.05, 4.69) is 37.1 Å². The minimum absolute atomic E-state index is 0.685. The second kappa shape index (κ2) is 7.99. The zero-order valence-electron chi connectivity index (χ0n) is 13.6. The Morgan fingerprint density at radius 2 is 2.00 bits per heavy atom. The Hall–Kier alpha value is -2.05. The molecular weight excluding hydrogens is 288 g/mol. The number of rotatable bonds is 6. The Bertz CT molecular complexity index is 595. The first-order valence-electron chi connectivity index (χ1n) is 8.19. The first-order valence-corrected chi connectivity index (χ1v) is 8.19. The van der Waals surface area contributed by atoms with Gasteiger partial charge in [-0.25, -0.2) is 9.97 Å². The van der Waals surface area contributed by atoms with E-state index in [0.717, 1.165) is 30.8 Å². The zero-order valence-corrected chi connectivity index (χ0v) is 13.6. The number of nitrogens with one attached hydrogen (secondary N) is 1. The van der Waals surface area contributed by atoms with E-state index in [4.69, 9.17) is 0 Å². The van der Waals surface area contributed by atoms with E-state index in [1.54, 1.807) is 12.4 Å². The predicted molar refractivity (Wildman–Crippen MR) is 92.3 cm³/mol. The van der Waals surface area contributed by atoms with Gasteiger partial charge < -0.3 is 15.1 Å². The Kier molecular flexibility index (Phi) is 5.50. The van der Waals surface area contributed by atoms with Gasteiger partial charge in [-0.3, -0.25) is 4.98 Å². The maximum Gasteiger partial charge on any atom is 0.223 e. The molecule has 6 nitrogen and oxygen atoms in total. The quantitative estimate of drug-likeness (QED) is 0.818. The van der Waals surface area contributed by atoms with Crippen LogP contribution >= 0.6 is 0 Å². The third kappa shape index (κ3) is 4.71. The molecule has 0 radical (unpaired) electrons. The molecule has 0 spiro atoms. The summed E-state index contributed by atoms with van der Waals surface area (Å²) in [6, 6.07) is 5.83. The highest BCUT2D eigenvalue weighted by molar-refractivity contribution is 5.58. The molecule has 2 aromatic rings. The van der Waals surface area contributed by atoms with E-state index >= 15 is 0 Å². The number of pyridine rings is 1. The van der Waals surface area contributed by atoms with Crippen molar-refractivity contribution in [2.45, 2.75) is 6.42 Å². The Labute approximate surface area is 137 Å². The number of aromatic nitrogens is 3. The van der Waals surface area contributed by atoms with Crippen molar-refractivity contribution in [1.29, 1.82) is 0 Å². The molecule has 0 aromatic carbocycles. The molecule has 0 amide bonds. The van der Waals surface area contributed by atoms with Gasteiger partial charge in [0.15, 0.2) is 0 Å². The average molecular weight is 312 g/mol. The lowest BCUT2D eigenvalue weighted by Crippen LogP contribution is -2.44. The number of hydrogen-bond acceptors (Lipinski definition) is 6. The van der Waals surface area contributed by atoms with Crippen LogP contribution < -0.4 is 5.32 Å². The molecule has 23 heavy (non-hydrogen) atoms. The van der Waals surface area contributed by atoms with Gasteiger partial charge in [0.2, 0.25) is 5.95 Å². The second-order valence-electron chi connectivity index (χ2n) is 5.93. The van der Waals surface area contributed by atoms with Crippen molar-refractivity contribution in [2.75, 3.05) is 51.6 Å². The molecule has 1 fully saturated rings. The molecule has 1 N–H and O–H groups in total. The third-order valence-electron chi connectivity index (χ3n) is 4.14. The van der Waals surface area contributed by atoms with E-state index in [9.17, 15) is 0 Å². The molecule has 6 heteroatoms. The second-order valence-corrected chi connectivity index (χ2v) is 5.93. The molecule has 3 rings (SSSR count). The Balaban J connectivity index is 1.45. The van der Waals surface area contributed by atoms with Gasteiger partial charge in [-0.2, -0.15) is 0 Å². The van der Waals surface area contributed by atoms with Crippen molar-refractivity contribution in [1.82, 2.24) is 24.8 Å². The molecule has 0 bridgehead atoms. The summed E-state index contributed by atoms with van der Waals surface area (Å²) in [5.41, 5.74) is 1.91. The van der Waals surface area contributed by atoms with Crippen LogP contribution in [0, 0.1) is 0 Å². The van der Waals surface area contributed by atoms with Crippen LogP contribution in [0.4, 0.5) is 5.95 Å². The third-order valence-corrected chi connectivity index (χ3v) is 4.14. The van der Waals surface area contributed by atoms with Crippen molar-refractivity contribution >= 4 is 5.95 Å². The number of piperazine rings is 1. The molecular formula is C17H24N6. The molecule has 1 aliphatic heterocycles. The molecule has 1 saturated heterocycles. The average Bonchev–Trinajstić information content (AvgIpc) is 2.61. The van der Waals surface area contributed by atoms with E-state index < -0.39 is 0 Å². The minimum atomic E-state index is 0.685. The standard InChI is InChI=1S/C17H24N6/c1-22-10-12-23(13-11-22)9-3-7-19-17-20-8-5-16(21-17)15-4-2-6-18-14-15/h2,4-6,8,14H,3,7,9-13H2,1H3,(H,19,20,21). The topological polar surface area (TPSA) is 57.2 Å². The molecule has 0 atom stereocenters. The number of anilines is 1. The smallest absolute Gasteiger partial charge is 0.223 e. The van der Waals surface area contributed by atoms with Crippen LogP contribution in [0.3, 0.4) is 0 Å². The van der Waals surface area contributed by atoms with Gasteiger partial charge in [0.25, 0.3) is 0 Å². The van der Waals surface area contributed by atoms with Crippen LogP contribution in [0.1, 0.15) is 6.42 Å². The summed E-state index contributed by atoms with van der Waals surface area (Å²) in [4.78, 5) is 17.9. The molecule has 3 heterocycles. The van der Waals surface area contributed by atoms with Crippen LogP contribution in [0.25, 0.3) is 11.3 Å². The molecule has 0 aliphatic carbocycles. The van der Waals surface area contributed by atoms with Crippen molar-refractivity contribution in [3.8, 4) is 11.3 Å². The SMILES string of the molecule is CN1CCN(CCCNc2nccc(-c3cccnc3)n2)CC1. The highest BCUT2D eigenvalue weighted by Gasteiger charge is 2.12. The maximum atomic E-state index is 4.55. The summed E-state index contributed by atoms with van der Waals surface area (Å²) < 4.78 is 0. The summed E-state index contributed by atoms with van der Waals surface area (Å²) >= 11 is 0. The summed E-state index contributed by atoms with van der Waals surface area (Å²) in [6.07, 6.45) is 6.48. The summed E-state index contributed by atoms with van der Waals surface area (Å²) in [6.45, 7) is 6.70. The van der Waals surface area contributed by atoms with Crippen LogP contribution in [0.5, 0.6) is 0 Å². The van der Waals surface area contributed by atoms with Gasteiger partial charge in [-0.1, -0.05) is 0 Å². The van der Waals surface area contributed by atoms with E-state index in [-0.39, 0.29) is 0 Å². The van der Waals surface area contributed by atoms with Gasteiger partial charge in [0.1, 0.15) is 0 Å². The van der Waals surface area contributed by atoms with Crippen molar-refractivity contribution in [3.63, 3.8) is 0 Å². The normalized spacial score (nSPS) is 16.4. The molecule has 2 aromatic heterocycles. The number of likely N-dealkylation sites (N-methyl/N-ethyl adjacent to an activating group) is 1. The monoisotopic (exact) mass is 312 g/mol. The molecule has 122 valence electrons. The molecule has 0 unspecified atom stereocenters. The van der Waals surface area contributed by atoms with Gasteiger partial charge in [-0.15, -0.1) is 0 Å². The van der Waals surface area contributed by atoms with E-state index in [1.807, 2.05) is 24.4 Å². The highest BCUT2D eigenvalue weighted by atomic mass is 15.2. The first kappa shape index (κ1) is 15.8. The number of hydrogen-bond donors (Lipinski definition) is 1. The van der Waals surface area contributed by atoms with Crippen LogP contribution in [-0.4, -0.2) is 71.1 Å². The lowest BCUT2D eigenvalue weighted by Gasteiger charge is -2.32. The van der Waals surface area contributed by atoms with Crippen molar-refractivity contribution < 1.29 is 0 Å². The summed E-state index contributed by atoms with van der Waals surface area (Å²) in [7, 11) is 2.19. The van der Waals surface area contributed by atoms with Crippen molar-refractivity contribution in [2.24, 2.45) is 0 Å². The molecule has 0 saturated carbocycles. The summed E-state index contributed by atoms with van der Waals surface area (Å²) in [5, 5.41) is 3.32. The number of nitrogens with zero attached hydrogens (tertiary/aromatic N) is 5. The van der Waals surface area contributed by atoms with Crippen LogP contribution in [0.2, 0.25) is 0 Å². The van der Waals surface area contributed by atoms with E-state index in [1.165, 1.54) is 26.2 Å². The Morgan fingerprint density at radius 3 is 2.78 bits per heavy atom. The fourth-order valence-corrected chi connectivity index (χ4v) is 2.69. The van der Waals surface area contributed by atoms with Gasteiger partial charge >= 0.3 is 0 Å². The maximum absolute atomic E-state index is 4.55. The van der Waals surface area contributed by atoms with Crippen molar-refractivity contribution in [3.05, 3.63) is 36.8 Å². The fraction of sp³-hybridized carbons (Fsp3) is 0.471. The predicted octanol–water partition coefficient (Wildman–Crippen LogP) is 1.59.